The quantitative estimate of drug-likeness (QED) is 0.187. The first-order valence-electron chi connectivity index (χ1n) is 10.8. The van der Waals surface area contributed by atoms with Gasteiger partial charge in [-0.1, -0.05) is 48.7 Å². The summed E-state index contributed by atoms with van der Waals surface area (Å²) in [5, 5.41) is 10.3. The van der Waals surface area contributed by atoms with Crippen LogP contribution in [0, 0.1) is 11.3 Å². The molecule has 0 aromatic heterocycles. The minimum atomic E-state index is -0.599. The number of benzene rings is 2. The summed E-state index contributed by atoms with van der Waals surface area (Å²) >= 11 is 1.39. The van der Waals surface area contributed by atoms with Gasteiger partial charge in [0.2, 0.25) is 0 Å². The molecule has 0 spiro atoms. The molecule has 0 saturated carbocycles. The van der Waals surface area contributed by atoms with E-state index in [9.17, 15) is 10.1 Å². The molecule has 33 heavy (non-hydrogen) atoms. The van der Waals surface area contributed by atoms with Gasteiger partial charge in [0.1, 0.15) is 16.8 Å². The Kier molecular flexibility index (Phi) is 8.99. The molecule has 2 aromatic carbocycles. The highest BCUT2D eigenvalue weighted by molar-refractivity contribution is 8.03. The van der Waals surface area contributed by atoms with Crippen molar-refractivity contribution in [3.05, 3.63) is 70.8 Å². The van der Waals surface area contributed by atoms with E-state index in [-0.39, 0.29) is 12.2 Å². The summed E-state index contributed by atoms with van der Waals surface area (Å²) in [4.78, 5) is 15.3. The molecule has 0 amide bonds. The number of unbranched alkanes of at least 4 members (excludes halogenated alkanes) is 1. The number of ether oxygens (including phenoxy) is 3. The maximum absolute atomic E-state index is 12.4. The number of methoxy groups -OCH3 is 1. The topological polar surface area (TPSA) is 71.8 Å². The first-order chi connectivity index (χ1) is 16.1. The highest BCUT2D eigenvalue weighted by atomic mass is 32.2. The van der Waals surface area contributed by atoms with Gasteiger partial charge >= 0.3 is 5.97 Å². The Morgan fingerprint density at radius 1 is 1.21 bits per heavy atom. The Labute approximate surface area is 199 Å². The van der Waals surface area contributed by atoms with Crippen molar-refractivity contribution in [1.29, 1.82) is 5.26 Å². The highest BCUT2D eigenvalue weighted by Crippen LogP contribution is 2.48. The highest BCUT2D eigenvalue weighted by Gasteiger charge is 2.31. The SMILES string of the molecule is C=Cc1ccc(COCCCCN2C(=C(C#N)C(=O)OCC)Sc3cc(OC)ccc32)cc1. The zero-order valence-electron chi connectivity index (χ0n) is 19.0. The second-order valence-electron chi connectivity index (χ2n) is 7.31. The number of hydrogen-bond donors (Lipinski definition) is 0. The van der Waals surface area contributed by atoms with Crippen molar-refractivity contribution in [1.82, 2.24) is 0 Å². The lowest BCUT2D eigenvalue weighted by atomic mass is 10.1. The second-order valence-corrected chi connectivity index (χ2v) is 8.34. The summed E-state index contributed by atoms with van der Waals surface area (Å²) in [6.45, 7) is 7.55. The number of anilines is 1. The molecule has 1 aliphatic heterocycles. The lowest BCUT2D eigenvalue weighted by molar-refractivity contribution is -0.138. The Hall–Kier alpha value is -3.21. The number of thioether (sulfide) groups is 1. The van der Waals surface area contributed by atoms with E-state index < -0.39 is 5.97 Å². The second kappa shape index (κ2) is 12.1. The molecule has 0 unspecified atom stereocenters. The average molecular weight is 465 g/mol. The molecular weight excluding hydrogens is 436 g/mol. The van der Waals surface area contributed by atoms with Crippen molar-refractivity contribution in [2.45, 2.75) is 31.3 Å². The average Bonchev–Trinajstić information content (AvgIpc) is 3.19. The Morgan fingerprint density at radius 2 is 2.00 bits per heavy atom. The van der Waals surface area contributed by atoms with Gasteiger partial charge in [0.25, 0.3) is 0 Å². The number of carbonyl (C=O) groups is 1. The fourth-order valence-electron chi connectivity index (χ4n) is 3.40. The zero-order valence-corrected chi connectivity index (χ0v) is 19.8. The van der Waals surface area contributed by atoms with Gasteiger partial charge in [-0.15, -0.1) is 0 Å². The third kappa shape index (κ3) is 6.19. The molecule has 0 aliphatic carbocycles. The van der Waals surface area contributed by atoms with Crippen molar-refractivity contribution in [3.63, 3.8) is 0 Å². The molecule has 172 valence electrons. The number of nitriles is 1. The van der Waals surface area contributed by atoms with Crippen LogP contribution in [0.15, 0.2) is 64.5 Å². The summed E-state index contributed by atoms with van der Waals surface area (Å²) in [6, 6.07) is 15.9. The Morgan fingerprint density at radius 3 is 2.67 bits per heavy atom. The molecule has 0 N–H and O–H groups in total. The standard InChI is InChI=1S/C26H28N2O4S/c1-4-19-8-10-20(11-9-19)18-31-15-7-6-14-28-23-13-12-21(30-3)16-24(23)33-25(28)22(17-27)26(29)32-5-2/h4,8-13,16H,1,5-7,14-15,18H2,2-3H3. The largest absolute Gasteiger partial charge is 0.497 e. The van der Waals surface area contributed by atoms with E-state index in [0.717, 1.165) is 40.3 Å². The number of carbonyl (C=O) groups excluding carboxylic acids is 1. The maximum Gasteiger partial charge on any atom is 0.351 e. The molecule has 3 rings (SSSR count). The molecule has 0 saturated heterocycles. The van der Waals surface area contributed by atoms with Crippen molar-refractivity contribution < 1.29 is 19.0 Å². The molecule has 0 atom stereocenters. The van der Waals surface area contributed by atoms with Gasteiger partial charge in [-0.05, 0) is 49.1 Å². The summed E-state index contributed by atoms with van der Waals surface area (Å²) in [5.74, 6) is 0.129. The van der Waals surface area contributed by atoms with Crippen LogP contribution in [-0.4, -0.2) is 32.8 Å². The molecule has 0 fully saturated rings. The van der Waals surface area contributed by atoms with E-state index in [0.29, 0.717) is 24.8 Å². The van der Waals surface area contributed by atoms with Gasteiger partial charge in [-0.2, -0.15) is 5.26 Å². The summed E-state index contributed by atoms with van der Waals surface area (Å²) in [5.41, 5.74) is 3.19. The van der Waals surface area contributed by atoms with E-state index in [1.807, 2.05) is 59.5 Å². The monoisotopic (exact) mass is 464 g/mol. The van der Waals surface area contributed by atoms with Crippen molar-refractivity contribution >= 4 is 29.5 Å². The van der Waals surface area contributed by atoms with Crippen LogP contribution in [0.25, 0.3) is 6.08 Å². The van der Waals surface area contributed by atoms with Crippen LogP contribution in [0.4, 0.5) is 5.69 Å². The first kappa shape index (κ1) is 24.4. The number of rotatable bonds is 11. The molecule has 0 bridgehead atoms. The van der Waals surface area contributed by atoms with Crippen molar-refractivity contribution in [3.8, 4) is 11.8 Å². The van der Waals surface area contributed by atoms with Gasteiger partial charge in [-0.25, -0.2) is 4.79 Å². The number of nitrogens with zero attached hydrogens (tertiary/aromatic N) is 2. The summed E-state index contributed by atoms with van der Waals surface area (Å²) in [7, 11) is 1.61. The van der Waals surface area contributed by atoms with Crippen LogP contribution >= 0.6 is 11.8 Å². The van der Waals surface area contributed by atoms with Gasteiger partial charge in [0.15, 0.2) is 5.57 Å². The van der Waals surface area contributed by atoms with Crippen LogP contribution in [0.3, 0.4) is 0 Å². The van der Waals surface area contributed by atoms with E-state index in [2.05, 4.69) is 6.58 Å². The number of hydrogen-bond acceptors (Lipinski definition) is 7. The summed E-state index contributed by atoms with van der Waals surface area (Å²) in [6.07, 6.45) is 3.51. The zero-order chi connectivity index (χ0) is 23.6. The fraction of sp³-hybridized carbons (Fsp3) is 0.308. The van der Waals surface area contributed by atoms with Crippen LogP contribution in [0.2, 0.25) is 0 Å². The number of esters is 1. The third-order valence-electron chi connectivity index (χ3n) is 5.12. The third-order valence-corrected chi connectivity index (χ3v) is 6.28. The first-order valence-corrected chi connectivity index (χ1v) is 11.7. The predicted octanol–water partition coefficient (Wildman–Crippen LogP) is 5.55. The summed E-state index contributed by atoms with van der Waals surface area (Å²) < 4.78 is 16.3. The van der Waals surface area contributed by atoms with E-state index >= 15 is 0 Å². The molecule has 0 radical (unpaired) electrons. The van der Waals surface area contributed by atoms with Gasteiger partial charge in [0.05, 0.1) is 26.0 Å². The smallest absolute Gasteiger partial charge is 0.351 e. The van der Waals surface area contributed by atoms with Crippen LogP contribution in [0.5, 0.6) is 5.75 Å². The molecule has 7 heteroatoms. The Balaban J connectivity index is 1.63. The van der Waals surface area contributed by atoms with Crippen molar-refractivity contribution in [2.75, 3.05) is 31.8 Å². The predicted molar refractivity (Wildman–Crippen MR) is 131 cm³/mol. The van der Waals surface area contributed by atoms with Gasteiger partial charge in [-0.3, -0.25) is 0 Å². The van der Waals surface area contributed by atoms with E-state index in [1.54, 1.807) is 14.0 Å². The van der Waals surface area contributed by atoms with Crippen LogP contribution < -0.4 is 9.64 Å². The lowest BCUT2D eigenvalue weighted by Crippen LogP contribution is -2.23. The molecule has 1 aliphatic rings. The normalized spacial score (nSPS) is 13.8. The maximum atomic E-state index is 12.4. The van der Waals surface area contributed by atoms with Gasteiger partial charge in [0, 0.05) is 18.0 Å². The van der Waals surface area contributed by atoms with Crippen molar-refractivity contribution in [2.24, 2.45) is 0 Å². The molecule has 6 nitrogen and oxygen atoms in total. The van der Waals surface area contributed by atoms with Crippen LogP contribution in [0.1, 0.15) is 30.9 Å². The molecule has 1 heterocycles. The van der Waals surface area contributed by atoms with E-state index in [4.69, 9.17) is 14.2 Å². The minimum absolute atomic E-state index is 0.0243. The van der Waals surface area contributed by atoms with Gasteiger partial charge < -0.3 is 19.1 Å². The lowest BCUT2D eigenvalue weighted by Gasteiger charge is -2.21. The van der Waals surface area contributed by atoms with Crippen LogP contribution in [-0.2, 0) is 20.9 Å². The molecular formula is C26H28N2O4S. The minimum Gasteiger partial charge on any atom is -0.497 e. The molecule has 2 aromatic rings. The fourth-order valence-corrected chi connectivity index (χ4v) is 4.60. The Bertz CT molecular complexity index is 1060. The van der Waals surface area contributed by atoms with E-state index in [1.165, 1.54) is 11.8 Å². The number of fused-ring (bicyclic) bond motifs is 1.